The molecular formula is C82H138N58O4. The van der Waals surface area contributed by atoms with Gasteiger partial charge in [-0.25, -0.2) is 0 Å². The number of H-pyrrole nitrogens is 8. The van der Waals surface area contributed by atoms with Crippen molar-refractivity contribution in [3.63, 3.8) is 0 Å². The van der Waals surface area contributed by atoms with Gasteiger partial charge in [-0.05, 0) is 133 Å². The number of aromatic amines is 8. The molecule has 0 atom stereocenters. The second-order valence-electron chi connectivity index (χ2n) is 28.0. The normalized spacial score (nSPS) is 11.5. The van der Waals surface area contributed by atoms with E-state index >= 15 is 0 Å². The van der Waals surface area contributed by atoms with Crippen LogP contribution in [0.25, 0.3) is 0 Å². The number of hydrogen-bond acceptors (Lipinski definition) is 16. The van der Waals surface area contributed by atoms with Gasteiger partial charge in [0, 0.05) is 161 Å². The Morgan fingerprint density at radius 3 is 1.13 bits per heavy atom. The zero-order valence-corrected chi connectivity index (χ0v) is 82.2. The number of aliphatic imine (C=N–C) groups is 16. The molecule has 0 aliphatic rings. The van der Waals surface area contributed by atoms with Crippen molar-refractivity contribution in [1.82, 2.24) is 59.5 Å². The number of aromatic hydroxyl groups is 4. The third-order valence-electron chi connectivity index (χ3n) is 17.2. The van der Waals surface area contributed by atoms with Gasteiger partial charge in [0.05, 0.1) is 0 Å². The van der Waals surface area contributed by atoms with Crippen molar-refractivity contribution in [2.45, 2.75) is 12.8 Å². The van der Waals surface area contributed by atoms with E-state index in [2.05, 4.69) is 130 Å². The molecular weight excluding hydrogens is 1860 g/mol. The highest BCUT2D eigenvalue weighted by Gasteiger charge is 2.16. The van der Waals surface area contributed by atoms with Crippen molar-refractivity contribution in [2.24, 2.45) is 195 Å². The number of likely N-dealkylation sites (N-methyl/N-ethyl adjacent to an activating group) is 1. The summed E-state index contributed by atoms with van der Waals surface area (Å²) < 4.78 is 0. The van der Waals surface area contributed by atoms with Gasteiger partial charge < -0.3 is 210 Å². The van der Waals surface area contributed by atoms with Crippen molar-refractivity contribution in [2.75, 3.05) is 142 Å². The Bertz CT molecular complexity index is 5920. The molecule has 780 valence electrons. The number of aromatic nitrogens is 8. The molecule has 8 aromatic heterocycles. The number of rotatable bonds is 14. The zero-order chi connectivity index (χ0) is 109. The fourth-order valence-electron chi connectivity index (χ4n) is 9.42. The molecule has 10 rings (SSSR count). The summed E-state index contributed by atoms with van der Waals surface area (Å²) >= 11 is 0. The first-order valence-electron chi connectivity index (χ1n) is 41.7. The number of nitrogens with zero attached hydrogens (tertiary/aromatic N) is 24. The largest absolute Gasteiger partial charge is 0.504 e. The molecule has 0 saturated heterocycles. The van der Waals surface area contributed by atoms with Crippen LogP contribution in [0.15, 0.2) is 263 Å². The summed E-state index contributed by atoms with van der Waals surface area (Å²) in [6.45, 7) is 0.858. The highest BCUT2D eigenvalue weighted by atomic mass is 16.3. The monoisotopic (exact) mass is 2000 g/mol. The van der Waals surface area contributed by atoms with Gasteiger partial charge in [-0.1, -0.05) is 24.3 Å². The van der Waals surface area contributed by atoms with Crippen LogP contribution in [0.1, 0.15) is 11.1 Å². The molecule has 62 nitrogen and oxygen atoms in total. The minimum atomic E-state index is -0.159. The fraction of sp³-hybridized carbons (Fsp3) is 0.220. The van der Waals surface area contributed by atoms with E-state index in [1.807, 2.05) is 86.0 Å². The highest BCUT2D eigenvalue weighted by molar-refractivity contribution is 6.06. The summed E-state index contributed by atoms with van der Waals surface area (Å²) in [6, 6.07) is 38.9. The molecule has 0 amide bonds. The molecule has 0 spiro atoms. The molecule has 2 aromatic carbocycles. The summed E-state index contributed by atoms with van der Waals surface area (Å²) in [6.07, 6.45) is 15.1. The maximum Gasteiger partial charge on any atom is 0.229 e. The number of para-hydroxylation sites is 2. The molecule has 10 aromatic rings. The number of benzene rings is 2. The minimum absolute atomic E-state index is 0.0102. The van der Waals surface area contributed by atoms with E-state index in [0.717, 1.165) is 34.9 Å². The molecule has 0 aliphatic carbocycles. The van der Waals surface area contributed by atoms with Gasteiger partial charge in [-0.15, -0.1) is 0 Å². The van der Waals surface area contributed by atoms with Gasteiger partial charge in [0.2, 0.25) is 71.5 Å². The standard InChI is InChI=1S/2C12H19N5O2.3C8H14N6.4C7H12N6.C6H10N6/c1-17(2)12(14)16-11(13)15-7-6-8-4-3-5-9(18)10(8)19;1-15-11(13)16-12(14)17(2)7-6-8-4-3-5-9(18)10(8)19;1-11-7(9)13-8(10)14(2)6-4-3-5-12-6;1-13(6-4-3-5-12-6)8(11)14(2)7(9)10;1-11-8(13-7(9)10)14(2)6-4-3-5-12-6;1-10-6(8)13-7(9)12-5-3-2-4-11-5;1-13(5-3-2-4-11-5)7(10)12-6(8)9;1-13(6(8)9)7(10)12-5-3-2-4-11-5;1-10-7(13-6(8)9)12-5-3-2-4-11-5;7-5(8)12-6(9)11-4-2-1-3-10-4/h2*3-5,18-19H,6-7H2,1-2H3,(H4,13,14,15,16);3-5,12H,1-2H3,(H4,9,10,11,13);3-5,11-12H,1-2H3,(H3,9,10);3-5,12H,1-2H3,(H4,9,10,11,13);2-4,11H,1H3,(H5,8,9,10,12,13);2-4,11H,1H3,(H5,8,9,10,12);2-4,11H,1H3,(H3,8,9)(H2,10,12);2-4,11H,1H3,(H5,8,9,10,12,13);1-3,10H,(H6,7,8,9,11,12). The van der Waals surface area contributed by atoms with Gasteiger partial charge in [-0.3, -0.25) is 66.3 Å². The predicted octanol–water partition coefficient (Wildman–Crippen LogP) is -2.66. The van der Waals surface area contributed by atoms with Crippen LogP contribution >= 0.6 is 0 Å². The van der Waals surface area contributed by atoms with Crippen molar-refractivity contribution < 1.29 is 20.4 Å². The summed E-state index contributed by atoms with van der Waals surface area (Å²) in [5, 5.41) is 73.1. The van der Waals surface area contributed by atoms with Gasteiger partial charge in [0.25, 0.3) is 0 Å². The van der Waals surface area contributed by atoms with E-state index in [1.165, 1.54) is 33.9 Å². The summed E-state index contributed by atoms with van der Waals surface area (Å²) in [4.78, 5) is 96.7. The van der Waals surface area contributed by atoms with Gasteiger partial charge in [0.15, 0.2) is 70.7 Å². The molecule has 0 fully saturated rings. The molecule has 62 heteroatoms. The number of hydrogen-bond donors (Lipinski definition) is 38. The number of nitrogens with two attached hydrogens (primary N) is 20. The van der Waals surface area contributed by atoms with E-state index in [0.29, 0.717) is 60.6 Å². The second-order valence-corrected chi connectivity index (χ2v) is 28.0. The molecule has 0 radical (unpaired) electrons. The Kier molecular flexibility index (Phi) is 55.5. The van der Waals surface area contributed by atoms with Crippen LogP contribution in [0, 0.1) is 21.6 Å². The van der Waals surface area contributed by atoms with Crippen LogP contribution in [0.5, 0.6) is 23.0 Å². The first-order valence-corrected chi connectivity index (χ1v) is 41.7. The molecule has 0 bridgehead atoms. The lowest BCUT2D eigenvalue weighted by Gasteiger charge is -2.25. The first-order chi connectivity index (χ1) is 68.0. The lowest BCUT2D eigenvalue weighted by molar-refractivity contribution is 0.396. The highest BCUT2D eigenvalue weighted by Crippen LogP contribution is 2.30. The Hall–Kier alpha value is -20.7. The molecule has 8 heterocycles. The lowest BCUT2D eigenvalue weighted by atomic mass is 10.1. The average molecular weight is 2000 g/mol. The number of anilines is 6. The quantitative estimate of drug-likeness (QED) is 0.0300. The van der Waals surface area contributed by atoms with E-state index in [-0.39, 0.29) is 130 Å². The van der Waals surface area contributed by atoms with E-state index in [1.54, 1.807) is 201 Å². The Morgan fingerprint density at radius 2 is 0.729 bits per heavy atom. The van der Waals surface area contributed by atoms with Crippen molar-refractivity contribution in [3.8, 4) is 23.0 Å². The smallest absolute Gasteiger partial charge is 0.229 e. The van der Waals surface area contributed by atoms with Crippen molar-refractivity contribution >= 4 is 166 Å². The maximum atomic E-state index is 9.66. The second kappa shape index (κ2) is 65.8. The zero-order valence-electron chi connectivity index (χ0n) is 82.2. The number of phenols is 4. The van der Waals surface area contributed by atoms with Crippen molar-refractivity contribution in [3.05, 3.63) is 194 Å². The number of nitrogens with one attached hydrogen (secondary N) is 14. The minimum Gasteiger partial charge on any atom is -0.504 e. The molecule has 144 heavy (non-hydrogen) atoms. The number of guanidine groups is 20. The Morgan fingerprint density at radius 1 is 0.333 bits per heavy atom. The summed E-state index contributed by atoms with van der Waals surface area (Å²) in [5.74, 6) is 7.53. The third kappa shape index (κ3) is 49.5. The van der Waals surface area contributed by atoms with Gasteiger partial charge in [0.1, 0.15) is 46.5 Å². The average Bonchev–Trinajstić information content (AvgIpc) is 1.83. The van der Waals surface area contributed by atoms with Crippen molar-refractivity contribution in [1.29, 1.82) is 21.6 Å². The number of phenolic OH excluding ortho intramolecular Hbond substituents is 4. The van der Waals surface area contributed by atoms with Crippen LogP contribution in [0.4, 0.5) is 46.5 Å². The van der Waals surface area contributed by atoms with Gasteiger partial charge in [-0.2, -0.15) is 49.9 Å². The fourth-order valence-corrected chi connectivity index (χ4v) is 9.42. The lowest BCUT2D eigenvalue weighted by Crippen LogP contribution is -2.45. The summed E-state index contributed by atoms with van der Waals surface area (Å²) in [5.41, 5.74) is 108. The molecule has 58 N–H and O–H groups in total. The van der Waals surface area contributed by atoms with Crippen LogP contribution in [-0.4, -0.2) is 311 Å². The predicted molar refractivity (Wildman–Crippen MR) is 583 cm³/mol. The van der Waals surface area contributed by atoms with E-state index in [4.69, 9.17) is 136 Å². The Labute approximate surface area is 830 Å². The van der Waals surface area contributed by atoms with Crippen LogP contribution in [-0.2, 0) is 12.8 Å². The van der Waals surface area contributed by atoms with Crippen LogP contribution in [0.3, 0.4) is 0 Å². The van der Waals surface area contributed by atoms with Crippen LogP contribution in [0.2, 0.25) is 0 Å². The SMILES string of the molecule is CN(C(=N)N)C(=N)N(C)c1ccc[nH]1.CN(C(=N)N)C(N)=Nc1ccc[nH]1.CN(C(=N)N=C(N)N)c1ccc[nH]1.CN(C)C(N)=NC(N)=NCCc1cccc(O)c1O.CN=C(N)N=C(N)N(C)CCc1cccc(O)c1O.CN=C(N)N=C(N)N(C)c1ccc[nH]1.CN=C(N)N=C(N)Nc1ccc[nH]1.CN=C(N=C(N)N)N(C)c1ccc[nH]1.CN=C(N=C(N)N)Nc1ccc[nH]1.NC(N)=NC(N)=Nc1ccc[nH]1. The van der Waals surface area contributed by atoms with E-state index in [9.17, 15) is 20.4 Å². The van der Waals surface area contributed by atoms with Gasteiger partial charge >= 0.3 is 0 Å². The maximum absolute atomic E-state index is 9.66. The molecule has 0 unspecified atom stereocenters. The summed E-state index contributed by atoms with van der Waals surface area (Å²) in [7, 11) is 23.3. The van der Waals surface area contributed by atoms with E-state index < -0.39 is 0 Å². The molecule has 0 aliphatic heterocycles. The first kappa shape index (κ1) is 121. The topological polar surface area (TPSA) is 1070 Å². The Balaban J connectivity index is 0.000000803. The third-order valence-corrected chi connectivity index (χ3v) is 17.2. The van der Waals surface area contributed by atoms with Crippen LogP contribution < -0.4 is 145 Å². The molecule has 0 saturated carbocycles.